The molecular weight excluding hydrogens is 432 g/mol. The Morgan fingerprint density at radius 2 is 1.74 bits per heavy atom. The van der Waals surface area contributed by atoms with E-state index in [1.807, 2.05) is 54.6 Å². The first-order valence-electron chi connectivity index (χ1n) is 12.1. The van der Waals surface area contributed by atoms with Crippen molar-refractivity contribution in [2.75, 3.05) is 13.2 Å². The van der Waals surface area contributed by atoms with E-state index in [0.29, 0.717) is 25.9 Å². The average molecular weight is 467 g/mol. The lowest BCUT2D eigenvalue weighted by Gasteiger charge is -2.24. The minimum absolute atomic E-state index is 0.179. The Morgan fingerprint density at radius 1 is 1.03 bits per heavy atom. The molecule has 3 amide bonds. The number of nitrogens with zero attached hydrogens (tertiary/aromatic N) is 1. The zero-order valence-corrected chi connectivity index (χ0v) is 19.7. The molecule has 1 aliphatic heterocycles. The number of carbonyl (C=O) groups excluding carboxylic acids is 3. The molecule has 2 atom stereocenters. The molecule has 0 aliphatic carbocycles. The number of amides is 3. The van der Waals surface area contributed by atoms with Gasteiger partial charge in [0, 0.05) is 13.0 Å². The van der Waals surface area contributed by atoms with Crippen LogP contribution < -0.4 is 5.32 Å². The Balaban J connectivity index is 1.52. The van der Waals surface area contributed by atoms with Crippen molar-refractivity contribution >= 4 is 17.9 Å². The van der Waals surface area contributed by atoms with E-state index in [-0.39, 0.29) is 18.4 Å². The maximum Gasteiger partial charge on any atom is 0.324 e. The van der Waals surface area contributed by atoms with Gasteiger partial charge in [-0.3, -0.25) is 14.9 Å². The van der Waals surface area contributed by atoms with Crippen molar-refractivity contribution in [2.45, 2.75) is 64.0 Å². The van der Waals surface area contributed by atoms with E-state index in [0.717, 1.165) is 42.4 Å². The van der Waals surface area contributed by atoms with E-state index in [1.165, 1.54) is 4.90 Å². The molecule has 34 heavy (non-hydrogen) atoms. The Hall–Kier alpha value is -3.19. The number of nitrogens with one attached hydrogen (secondary N) is 1. The largest absolute Gasteiger partial charge is 0.466 e. The summed E-state index contributed by atoms with van der Waals surface area (Å²) in [6.45, 7) is 2.47. The summed E-state index contributed by atoms with van der Waals surface area (Å²) in [6, 6.07) is 16.7. The second-order valence-corrected chi connectivity index (χ2v) is 8.52. The molecule has 182 valence electrons. The molecule has 0 saturated carbocycles. The fraction of sp³-hybridized carbons (Fsp3) is 0.444. The van der Waals surface area contributed by atoms with Crippen LogP contribution in [0.15, 0.2) is 54.6 Å². The topological polar surface area (TPSA) is 95.9 Å². The molecule has 1 saturated heterocycles. The van der Waals surface area contributed by atoms with E-state index in [1.54, 1.807) is 6.92 Å². The standard InChI is InChI=1S/C27H34N2O5/c1-2-34-25(31)17-9-4-3-8-16-23-26(32)28-27(33)29(23)19-18-24(30)22-15-11-10-14-21(22)20-12-6-5-7-13-20/h5-7,10-15,23-24,30H,2-4,8-9,16-19H2,1H3,(H,28,32,33). The summed E-state index contributed by atoms with van der Waals surface area (Å²) in [5.41, 5.74) is 2.78. The van der Waals surface area contributed by atoms with E-state index in [2.05, 4.69) is 5.32 Å². The van der Waals surface area contributed by atoms with Crippen molar-refractivity contribution in [1.29, 1.82) is 0 Å². The van der Waals surface area contributed by atoms with Gasteiger partial charge in [0.15, 0.2) is 0 Å². The second kappa shape index (κ2) is 12.9. The number of hydrogen-bond acceptors (Lipinski definition) is 5. The van der Waals surface area contributed by atoms with Crippen molar-refractivity contribution in [3.8, 4) is 11.1 Å². The number of benzene rings is 2. The molecule has 2 aromatic rings. The van der Waals surface area contributed by atoms with Gasteiger partial charge < -0.3 is 14.7 Å². The summed E-state index contributed by atoms with van der Waals surface area (Å²) < 4.78 is 4.92. The van der Waals surface area contributed by atoms with Crippen LogP contribution in [0.2, 0.25) is 0 Å². The summed E-state index contributed by atoms with van der Waals surface area (Å²) in [5.74, 6) is -0.461. The van der Waals surface area contributed by atoms with Crippen LogP contribution in [-0.2, 0) is 14.3 Å². The van der Waals surface area contributed by atoms with Crippen LogP contribution in [0.3, 0.4) is 0 Å². The predicted molar refractivity (Wildman–Crippen MR) is 130 cm³/mol. The quantitative estimate of drug-likeness (QED) is 0.255. The smallest absolute Gasteiger partial charge is 0.324 e. The van der Waals surface area contributed by atoms with Gasteiger partial charge >= 0.3 is 12.0 Å². The summed E-state index contributed by atoms with van der Waals surface area (Å²) >= 11 is 0. The molecule has 7 nitrogen and oxygen atoms in total. The number of ether oxygens (including phenoxy) is 1. The Morgan fingerprint density at radius 3 is 2.50 bits per heavy atom. The van der Waals surface area contributed by atoms with Crippen LogP contribution in [0.25, 0.3) is 11.1 Å². The van der Waals surface area contributed by atoms with Crippen LogP contribution in [0.5, 0.6) is 0 Å². The Bertz CT molecular complexity index is 963. The highest BCUT2D eigenvalue weighted by atomic mass is 16.5. The van der Waals surface area contributed by atoms with E-state index in [9.17, 15) is 19.5 Å². The molecule has 7 heteroatoms. The number of aliphatic hydroxyl groups is 1. The van der Waals surface area contributed by atoms with Gasteiger partial charge in [0.25, 0.3) is 5.91 Å². The summed E-state index contributed by atoms with van der Waals surface area (Å²) in [4.78, 5) is 37.6. The number of imide groups is 1. The van der Waals surface area contributed by atoms with E-state index in [4.69, 9.17) is 4.74 Å². The number of aliphatic hydroxyl groups excluding tert-OH is 1. The maximum absolute atomic E-state index is 12.4. The molecule has 1 fully saturated rings. The van der Waals surface area contributed by atoms with Crippen molar-refractivity contribution in [2.24, 2.45) is 0 Å². The Labute approximate surface area is 201 Å². The Kier molecular flexibility index (Phi) is 9.64. The van der Waals surface area contributed by atoms with E-state index < -0.39 is 18.2 Å². The number of unbranched alkanes of at least 4 members (excludes halogenated alkanes) is 3. The van der Waals surface area contributed by atoms with Gasteiger partial charge in [0.1, 0.15) is 6.04 Å². The van der Waals surface area contributed by atoms with E-state index >= 15 is 0 Å². The first-order valence-corrected chi connectivity index (χ1v) is 12.1. The highest BCUT2D eigenvalue weighted by molar-refractivity contribution is 6.04. The van der Waals surface area contributed by atoms with Crippen LogP contribution >= 0.6 is 0 Å². The molecular formula is C27H34N2O5. The fourth-order valence-electron chi connectivity index (χ4n) is 4.37. The highest BCUT2D eigenvalue weighted by Crippen LogP contribution is 2.30. The minimum Gasteiger partial charge on any atom is -0.466 e. The lowest BCUT2D eigenvalue weighted by atomic mass is 9.94. The molecule has 0 aromatic heterocycles. The molecule has 2 aromatic carbocycles. The van der Waals surface area contributed by atoms with Crippen molar-refractivity contribution in [3.63, 3.8) is 0 Å². The number of carbonyl (C=O) groups is 3. The SMILES string of the molecule is CCOC(=O)CCCCCCC1C(=O)NC(=O)N1CCC(O)c1ccccc1-c1ccccc1. The van der Waals surface area contributed by atoms with Gasteiger partial charge in [-0.2, -0.15) is 0 Å². The van der Waals surface area contributed by atoms with Crippen molar-refractivity contribution < 1.29 is 24.2 Å². The molecule has 0 bridgehead atoms. The third-order valence-corrected chi connectivity index (χ3v) is 6.13. The molecule has 0 spiro atoms. The summed E-state index contributed by atoms with van der Waals surface area (Å²) in [7, 11) is 0. The number of esters is 1. The van der Waals surface area contributed by atoms with Crippen molar-refractivity contribution in [3.05, 3.63) is 60.2 Å². The van der Waals surface area contributed by atoms with Gasteiger partial charge in [-0.1, -0.05) is 73.9 Å². The highest BCUT2D eigenvalue weighted by Gasteiger charge is 2.37. The van der Waals surface area contributed by atoms with Gasteiger partial charge in [-0.25, -0.2) is 4.79 Å². The monoisotopic (exact) mass is 466 g/mol. The van der Waals surface area contributed by atoms with Crippen LogP contribution in [0.1, 0.15) is 63.5 Å². The first-order chi connectivity index (χ1) is 16.5. The van der Waals surface area contributed by atoms with Crippen LogP contribution in [0, 0.1) is 0 Å². The molecule has 1 aliphatic rings. The van der Waals surface area contributed by atoms with Gasteiger partial charge in [0.2, 0.25) is 0 Å². The third kappa shape index (κ3) is 6.90. The van der Waals surface area contributed by atoms with Gasteiger partial charge in [0.05, 0.1) is 12.7 Å². The zero-order valence-electron chi connectivity index (χ0n) is 19.7. The molecule has 2 N–H and O–H groups in total. The lowest BCUT2D eigenvalue weighted by molar-refractivity contribution is -0.143. The maximum atomic E-state index is 12.4. The molecule has 3 rings (SSSR count). The number of urea groups is 1. The number of hydrogen-bond donors (Lipinski definition) is 2. The van der Waals surface area contributed by atoms with Gasteiger partial charge in [-0.15, -0.1) is 0 Å². The van der Waals surface area contributed by atoms with Crippen LogP contribution in [-0.4, -0.2) is 47.1 Å². The second-order valence-electron chi connectivity index (χ2n) is 8.52. The molecule has 2 unspecified atom stereocenters. The van der Waals surface area contributed by atoms with Gasteiger partial charge in [-0.05, 0) is 42.9 Å². The normalized spacial score (nSPS) is 16.4. The molecule has 1 heterocycles. The summed E-state index contributed by atoms with van der Waals surface area (Å²) in [5, 5.41) is 13.3. The predicted octanol–water partition coefficient (Wildman–Crippen LogP) is 4.60. The lowest BCUT2D eigenvalue weighted by Crippen LogP contribution is -2.36. The van der Waals surface area contributed by atoms with Crippen LogP contribution in [0.4, 0.5) is 4.79 Å². The molecule has 0 radical (unpaired) electrons. The first kappa shape index (κ1) is 25.4. The zero-order chi connectivity index (χ0) is 24.3. The minimum atomic E-state index is -0.761. The van der Waals surface area contributed by atoms with Crippen molar-refractivity contribution in [1.82, 2.24) is 10.2 Å². The fourth-order valence-corrected chi connectivity index (χ4v) is 4.37. The number of rotatable bonds is 13. The summed E-state index contributed by atoms with van der Waals surface area (Å²) in [6.07, 6.45) is 3.83. The average Bonchev–Trinajstić information content (AvgIpc) is 3.12. The third-order valence-electron chi connectivity index (χ3n) is 6.13.